The van der Waals surface area contributed by atoms with Crippen molar-refractivity contribution in [3.8, 4) is 5.75 Å². The molecule has 0 aromatic heterocycles. The van der Waals surface area contributed by atoms with Gasteiger partial charge < -0.3 is 14.8 Å². The number of aryl methyl sites for hydroxylation is 1. The van der Waals surface area contributed by atoms with Crippen molar-refractivity contribution in [3.63, 3.8) is 0 Å². The molecule has 1 N–H and O–H groups in total. The normalized spacial score (nSPS) is 20.8. The second-order valence-corrected chi connectivity index (χ2v) is 4.03. The predicted octanol–water partition coefficient (Wildman–Crippen LogP) is 2.05. The monoisotopic (exact) mass is 221 g/mol. The molecule has 3 nitrogen and oxygen atoms in total. The van der Waals surface area contributed by atoms with Gasteiger partial charge in [-0.15, -0.1) is 0 Å². The van der Waals surface area contributed by atoms with E-state index in [0.29, 0.717) is 12.6 Å². The molecule has 1 fully saturated rings. The van der Waals surface area contributed by atoms with Crippen LogP contribution in [0.3, 0.4) is 0 Å². The van der Waals surface area contributed by atoms with Gasteiger partial charge in [-0.25, -0.2) is 0 Å². The molecule has 1 saturated heterocycles. The van der Waals surface area contributed by atoms with Gasteiger partial charge in [0.1, 0.15) is 5.75 Å². The van der Waals surface area contributed by atoms with Crippen molar-refractivity contribution in [2.45, 2.75) is 19.9 Å². The van der Waals surface area contributed by atoms with Crippen LogP contribution < -0.4 is 10.1 Å². The lowest BCUT2D eigenvalue weighted by Crippen LogP contribution is -2.34. The van der Waals surface area contributed by atoms with E-state index in [-0.39, 0.29) is 0 Å². The molecule has 0 bridgehead atoms. The summed E-state index contributed by atoms with van der Waals surface area (Å²) in [6.45, 7) is 7.33. The number of benzene rings is 1. The van der Waals surface area contributed by atoms with Gasteiger partial charge >= 0.3 is 0 Å². The van der Waals surface area contributed by atoms with Crippen molar-refractivity contribution in [2.24, 2.45) is 0 Å². The van der Waals surface area contributed by atoms with Crippen LogP contribution in [0.2, 0.25) is 0 Å². The molecule has 1 atom stereocenters. The maximum absolute atomic E-state index is 5.48. The van der Waals surface area contributed by atoms with Gasteiger partial charge in [-0.3, -0.25) is 0 Å². The zero-order chi connectivity index (χ0) is 11.4. The van der Waals surface area contributed by atoms with Crippen LogP contribution in [0.5, 0.6) is 5.75 Å². The number of hydrogen-bond donors (Lipinski definition) is 1. The Balaban J connectivity index is 2.14. The van der Waals surface area contributed by atoms with Gasteiger partial charge in [-0.1, -0.05) is 6.07 Å². The molecular formula is C13H19NO2. The zero-order valence-corrected chi connectivity index (χ0v) is 9.95. The van der Waals surface area contributed by atoms with Crippen LogP contribution in [0.1, 0.15) is 24.1 Å². The first-order valence-electron chi connectivity index (χ1n) is 5.85. The average Bonchev–Trinajstić information content (AvgIpc) is 2.31. The molecule has 0 aliphatic carbocycles. The lowest BCUT2D eigenvalue weighted by atomic mass is 10.0. The van der Waals surface area contributed by atoms with Gasteiger partial charge in [0.2, 0.25) is 0 Å². The first kappa shape index (κ1) is 11.4. The van der Waals surface area contributed by atoms with Crippen molar-refractivity contribution in [3.05, 3.63) is 29.3 Å². The fraction of sp³-hybridized carbons (Fsp3) is 0.538. The maximum Gasteiger partial charge on any atom is 0.119 e. The number of rotatable bonds is 3. The Hall–Kier alpha value is -1.06. The van der Waals surface area contributed by atoms with E-state index in [0.717, 1.165) is 25.5 Å². The van der Waals surface area contributed by atoms with E-state index in [1.165, 1.54) is 11.1 Å². The lowest BCUT2D eigenvalue weighted by molar-refractivity contribution is 0.0767. The number of hydrogen-bond acceptors (Lipinski definition) is 3. The number of morpholine rings is 1. The molecule has 1 aliphatic heterocycles. The standard InChI is InChI=1S/C13H19NO2/c1-3-16-11-4-5-12(10(2)8-11)13-9-15-7-6-14-13/h4-5,8,13-14H,3,6-7,9H2,1-2H3. The maximum atomic E-state index is 5.48. The Kier molecular flexibility index (Phi) is 3.80. The summed E-state index contributed by atoms with van der Waals surface area (Å²) in [4.78, 5) is 0. The summed E-state index contributed by atoms with van der Waals surface area (Å²) in [6.07, 6.45) is 0. The van der Waals surface area contributed by atoms with Crippen molar-refractivity contribution in [1.82, 2.24) is 5.32 Å². The minimum Gasteiger partial charge on any atom is -0.494 e. The molecule has 0 amide bonds. The third-order valence-corrected chi connectivity index (χ3v) is 2.85. The second kappa shape index (κ2) is 5.32. The van der Waals surface area contributed by atoms with Gasteiger partial charge in [0, 0.05) is 6.54 Å². The lowest BCUT2D eigenvalue weighted by Gasteiger charge is -2.25. The van der Waals surface area contributed by atoms with Crippen LogP contribution in [-0.4, -0.2) is 26.4 Å². The summed E-state index contributed by atoms with van der Waals surface area (Å²) in [6, 6.07) is 6.58. The quantitative estimate of drug-likeness (QED) is 0.847. The van der Waals surface area contributed by atoms with Crippen LogP contribution in [0.15, 0.2) is 18.2 Å². The van der Waals surface area contributed by atoms with E-state index in [4.69, 9.17) is 9.47 Å². The molecule has 88 valence electrons. The first-order valence-corrected chi connectivity index (χ1v) is 5.85. The number of nitrogens with one attached hydrogen (secondary N) is 1. The number of ether oxygens (including phenoxy) is 2. The SMILES string of the molecule is CCOc1ccc(C2COCCN2)c(C)c1. The molecule has 0 saturated carbocycles. The molecule has 2 rings (SSSR count). The smallest absolute Gasteiger partial charge is 0.119 e. The molecule has 1 aliphatic rings. The van der Waals surface area contributed by atoms with E-state index in [9.17, 15) is 0 Å². The minimum absolute atomic E-state index is 0.324. The summed E-state index contributed by atoms with van der Waals surface area (Å²) in [5.41, 5.74) is 2.57. The highest BCUT2D eigenvalue weighted by Gasteiger charge is 2.17. The molecule has 1 aromatic rings. The van der Waals surface area contributed by atoms with Gasteiger partial charge in [0.05, 0.1) is 25.9 Å². The minimum atomic E-state index is 0.324. The molecule has 3 heteroatoms. The van der Waals surface area contributed by atoms with E-state index >= 15 is 0 Å². The molecule has 1 heterocycles. The third kappa shape index (κ3) is 2.54. The molecule has 1 aromatic carbocycles. The van der Waals surface area contributed by atoms with Gasteiger partial charge in [-0.2, -0.15) is 0 Å². The van der Waals surface area contributed by atoms with Gasteiger partial charge in [-0.05, 0) is 37.1 Å². The summed E-state index contributed by atoms with van der Waals surface area (Å²) in [5, 5.41) is 3.46. The zero-order valence-electron chi connectivity index (χ0n) is 9.95. The molecular weight excluding hydrogens is 202 g/mol. The van der Waals surface area contributed by atoms with Crippen molar-refractivity contribution in [1.29, 1.82) is 0 Å². The van der Waals surface area contributed by atoms with Crippen molar-refractivity contribution >= 4 is 0 Å². The summed E-state index contributed by atoms with van der Waals surface area (Å²) in [7, 11) is 0. The summed E-state index contributed by atoms with van der Waals surface area (Å²) >= 11 is 0. The summed E-state index contributed by atoms with van der Waals surface area (Å²) in [5.74, 6) is 0.945. The molecule has 1 unspecified atom stereocenters. The molecule has 0 spiro atoms. The van der Waals surface area contributed by atoms with Crippen molar-refractivity contribution in [2.75, 3.05) is 26.4 Å². The highest BCUT2D eigenvalue weighted by Crippen LogP contribution is 2.24. The van der Waals surface area contributed by atoms with Crippen molar-refractivity contribution < 1.29 is 9.47 Å². The Bertz CT molecular complexity index is 346. The molecule has 0 radical (unpaired) electrons. The highest BCUT2D eigenvalue weighted by molar-refractivity contribution is 5.36. The van der Waals surface area contributed by atoms with Crippen LogP contribution in [0.4, 0.5) is 0 Å². The first-order chi connectivity index (χ1) is 7.81. The van der Waals surface area contributed by atoms with E-state index in [2.05, 4.69) is 24.4 Å². The fourth-order valence-electron chi connectivity index (χ4n) is 2.06. The largest absolute Gasteiger partial charge is 0.494 e. The Morgan fingerprint density at radius 1 is 1.50 bits per heavy atom. The Labute approximate surface area is 96.8 Å². The van der Waals surface area contributed by atoms with Gasteiger partial charge in [0.15, 0.2) is 0 Å². The topological polar surface area (TPSA) is 30.5 Å². The predicted molar refractivity (Wildman–Crippen MR) is 63.9 cm³/mol. The van der Waals surface area contributed by atoms with E-state index < -0.39 is 0 Å². The van der Waals surface area contributed by atoms with Crippen LogP contribution in [-0.2, 0) is 4.74 Å². The van der Waals surface area contributed by atoms with Crippen LogP contribution in [0, 0.1) is 6.92 Å². The van der Waals surface area contributed by atoms with Crippen LogP contribution in [0.25, 0.3) is 0 Å². The van der Waals surface area contributed by atoms with Crippen LogP contribution >= 0.6 is 0 Å². The highest BCUT2D eigenvalue weighted by atomic mass is 16.5. The molecule has 16 heavy (non-hydrogen) atoms. The Morgan fingerprint density at radius 3 is 3.00 bits per heavy atom. The summed E-state index contributed by atoms with van der Waals surface area (Å²) < 4.78 is 11.0. The third-order valence-electron chi connectivity index (χ3n) is 2.85. The average molecular weight is 221 g/mol. The van der Waals surface area contributed by atoms with Gasteiger partial charge in [0.25, 0.3) is 0 Å². The Morgan fingerprint density at radius 2 is 2.38 bits per heavy atom. The second-order valence-electron chi connectivity index (χ2n) is 4.03. The fourth-order valence-corrected chi connectivity index (χ4v) is 2.06. The van der Waals surface area contributed by atoms with E-state index in [1.54, 1.807) is 0 Å². The van der Waals surface area contributed by atoms with E-state index in [1.807, 2.05) is 13.0 Å².